The first-order chi connectivity index (χ1) is 4.89. The first kappa shape index (κ1) is 15.3. The zero-order chi connectivity index (χ0) is 9.07. The van der Waals surface area contributed by atoms with E-state index in [2.05, 4.69) is 0 Å². The normalized spacial score (nSPS) is 16.3. The number of hydrogen-bond acceptors (Lipinski definition) is 4. The smallest absolute Gasteiger partial charge is 1.00 e. The summed E-state index contributed by atoms with van der Waals surface area (Å²) in [5, 5.41) is 7.36. The fourth-order valence-electron chi connectivity index (χ4n) is 0.810. The first-order valence-corrected chi connectivity index (χ1v) is 4.72. The maximum Gasteiger partial charge on any atom is 1.00 e. The van der Waals surface area contributed by atoms with Gasteiger partial charge in [0.25, 0.3) is 10.1 Å². The largest absolute Gasteiger partial charge is 1.00 e. The van der Waals surface area contributed by atoms with Crippen LogP contribution in [0.15, 0.2) is 0 Å². The van der Waals surface area contributed by atoms with Crippen molar-refractivity contribution in [3.63, 3.8) is 0 Å². The Hall–Kier alpha value is 0.830. The van der Waals surface area contributed by atoms with Gasteiger partial charge < -0.3 is 12.3 Å². The van der Waals surface area contributed by atoms with Crippen molar-refractivity contribution in [2.24, 2.45) is 5.73 Å². The number of hydrogen-bond donors (Lipinski definition) is 3. The van der Waals surface area contributed by atoms with Crippen molar-refractivity contribution in [1.82, 2.24) is 0 Å². The predicted octanol–water partition coefficient (Wildman–Crippen LogP) is -3.91. The Kier molecular flexibility index (Phi) is 8.05. The van der Waals surface area contributed by atoms with Gasteiger partial charge in [-0.3, -0.25) is 4.55 Å². The van der Waals surface area contributed by atoms with E-state index in [0.717, 1.165) is 0 Å². The summed E-state index contributed by atoms with van der Waals surface area (Å²) in [5.74, 6) is 0. The SMILES string of the molecule is CC(N)C(CCO)S(=O)(=O)O.[H-].[Na+]. The third kappa shape index (κ3) is 5.47. The van der Waals surface area contributed by atoms with Gasteiger partial charge in [-0.25, -0.2) is 0 Å². The minimum Gasteiger partial charge on any atom is -1.00 e. The van der Waals surface area contributed by atoms with Crippen molar-refractivity contribution in [2.45, 2.75) is 24.6 Å². The number of nitrogens with two attached hydrogens (primary N) is 1. The molecule has 70 valence electrons. The molecule has 2 unspecified atom stereocenters. The molecule has 12 heavy (non-hydrogen) atoms. The molecule has 0 amide bonds. The van der Waals surface area contributed by atoms with Crippen LogP contribution < -0.4 is 35.3 Å². The molecule has 0 aliphatic rings. The van der Waals surface area contributed by atoms with Crippen LogP contribution >= 0.6 is 0 Å². The molecule has 0 aliphatic carbocycles. The van der Waals surface area contributed by atoms with Crippen LogP contribution in [0.1, 0.15) is 14.8 Å². The summed E-state index contributed by atoms with van der Waals surface area (Å²) in [7, 11) is -4.11. The van der Waals surface area contributed by atoms with Crippen LogP contribution in [-0.2, 0) is 10.1 Å². The minimum absolute atomic E-state index is 0. The van der Waals surface area contributed by atoms with Crippen LogP contribution in [0, 0.1) is 0 Å². The van der Waals surface area contributed by atoms with Gasteiger partial charge in [-0.15, -0.1) is 0 Å². The Balaban J connectivity index is -0.000000500. The van der Waals surface area contributed by atoms with Gasteiger partial charge in [0.15, 0.2) is 0 Å². The molecule has 0 aliphatic heterocycles. The van der Waals surface area contributed by atoms with Crippen molar-refractivity contribution in [1.29, 1.82) is 0 Å². The average Bonchev–Trinajstić information content (AvgIpc) is 1.79. The van der Waals surface area contributed by atoms with Gasteiger partial charge in [0.2, 0.25) is 0 Å². The Morgan fingerprint density at radius 1 is 1.58 bits per heavy atom. The van der Waals surface area contributed by atoms with E-state index in [1.165, 1.54) is 6.92 Å². The second-order valence-corrected chi connectivity index (χ2v) is 4.06. The summed E-state index contributed by atoms with van der Waals surface area (Å²) in [6.45, 7) is 1.17. The van der Waals surface area contributed by atoms with Crippen molar-refractivity contribution in [3.05, 3.63) is 0 Å². The van der Waals surface area contributed by atoms with Crippen LogP contribution in [0.2, 0.25) is 0 Å². The second-order valence-electron chi connectivity index (χ2n) is 2.42. The Morgan fingerprint density at radius 3 is 2.08 bits per heavy atom. The molecule has 0 radical (unpaired) electrons. The Bertz CT molecular complexity index is 209. The van der Waals surface area contributed by atoms with Gasteiger partial charge in [-0.05, 0) is 13.3 Å². The molecule has 0 bridgehead atoms. The standard InChI is InChI=1S/C5H13NO4S.Na.H/c1-4(6)5(2-3-7)11(8,9)10;;/h4-5,7H,2-3,6H2,1H3,(H,8,9,10);;/q;+1;-1. The Morgan fingerprint density at radius 2 is 2.00 bits per heavy atom. The van der Waals surface area contributed by atoms with Gasteiger partial charge in [0.1, 0.15) is 5.25 Å². The van der Waals surface area contributed by atoms with E-state index in [9.17, 15) is 8.42 Å². The molecule has 0 aromatic carbocycles. The average molecular weight is 207 g/mol. The summed E-state index contributed by atoms with van der Waals surface area (Å²) in [4.78, 5) is 0. The summed E-state index contributed by atoms with van der Waals surface area (Å²) in [6.07, 6.45) is -0.0312. The van der Waals surface area contributed by atoms with Crippen molar-refractivity contribution in [3.8, 4) is 0 Å². The molecule has 2 atom stereocenters. The van der Waals surface area contributed by atoms with E-state index in [1.807, 2.05) is 0 Å². The van der Waals surface area contributed by atoms with Crippen molar-refractivity contribution in [2.75, 3.05) is 6.61 Å². The Labute approximate surface area is 95.9 Å². The molecule has 0 aromatic heterocycles. The monoisotopic (exact) mass is 207 g/mol. The van der Waals surface area contributed by atoms with Gasteiger partial charge in [-0.1, -0.05) is 0 Å². The van der Waals surface area contributed by atoms with Crippen LogP contribution in [-0.4, -0.2) is 36.0 Å². The summed E-state index contributed by atoms with van der Waals surface area (Å²) in [6, 6.07) is -0.669. The summed E-state index contributed by atoms with van der Waals surface area (Å²) in [5.41, 5.74) is 5.26. The van der Waals surface area contributed by atoms with E-state index in [0.29, 0.717) is 0 Å². The van der Waals surface area contributed by atoms with Crippen LogP contribution in [0.5, 0.6) is 0 Å². The van der Waals surface area contributed by atoms with Gasteiger partial charge in [-0.2, -0.15) is 8.42 Å². The van der Waals surface area contributed by atoms with Crippen LogP contribution in [0.4, 0.5) is 0 Å². The number of aliphatic hydroxyl groups excluding tert-OH is 1. The van der Waals surface area contributed by atoms with E-state index < -0.39 is 21.4 Å². The maximum absolute atomic E-state index is 10.5. The molecule has 5 nitrogen and oxygen atoms in total. The van der Waals surface area contributed by atoms with Crippen LogP contribution in [0.3, 0.4) is 0 Å². The van der Waals surface area contributed by atoms with E-state index in [-0.39, 0.29) is 44.0 Å². The molecule has 4 N–H and O–H groups in total. The van der Waals surface area contributed by atoms with Crippen LogP contribution in [0.25, 0.3) is 0 Å². The fraction of sp³-hybridized carbons (Fsp3) is 1.00. The van der Waals surface area contributed by atoms with Gasteiger partial charge in [0.05, 0.1) is 0 Å². The van der Waals surface area contributed by atoms with Crippen molar-refractivity contribution >= 4 is 10.1 Å². The number of rotatable bonds is 4. The maximum atomic E-state index is 10.5. The predicted molar refractivity (Wildman–Crippen MR) is 41.8 cm³/mol. The fourth-order valence-corrected chi connectivity index (χ4v) is 1.76. The van der Waals surface area contributed by atoms with Crippen molar-refractivity contribution < 1.29 is 49.1 Å². The zero-order valence-corrected chi connectivity index (χ0v) is 10.1. The molecule has 0 saturated heterocycles. The molecule has 0 spiro atoms. The van der Waals surface area contributed by atoms with E-state index in [4.69, 9.17) is 15.4 Å². The quantitative estimate of drug-likeness (QED) is 0.323. The third-order valence-electron chi connectivity index (χ3n) is 1.38. The summed E-state index contributed by atoms with van der Waals surface area (Å²) >= 11 is 0. The molecular formula is C5H14NNaO4S. The molecular weight excluding hydrogens is 193 g/mol. The molecule has 0 fully saturated rings. The molecule has 0 heterocycles. The zero-order valence-electron chi connectivity index (χ0n) is 8.27. The third-order valence-corrected chi connectivity index (χ3v) is 2.81. The minimum atomic E-state index is -4.11. The second kappa shape index (κ2) is 6.31. The summed E-state index contributed by atoms with van der Waals surface area (Å²) < 4.78 is 29.6. The first-order valence-electron chi connectivity index (χ1n) is 3.22. The molecule has 0 rings (SSSR count). The number of aliphatic hydroxyl groups is 1. The van der Waals surface area contributed by atoms with Gasteiger partial charge in [0, 0.05) is 12.6 Å². The van der Waals surface area contributed by atoms with E-state index in [1.54, 1.807) is 0 Å². The van der Waals surface area contributed by atoms with E-state index >= 15 is 0 Å². The molecule has 0 aromatic rings. The topological polar surface area (TPSA) is 101 Å². The van der Waals surface area contributed by atoms with Gasteiger partial charge >= 0.3 is 29.6 Å². The molecule has 0 saturated carbocycles. The molecule has 7 heteroatoms.